The van der Waals surface area contributed by atoms with Crippen molar-refractivity contribution in [2.45, 2.75) is 19.6 Å². The molecule has 4 aromatic carbocycles. The van der Waals surface area contributed by atoms with Crippen LogP contribution in [0, 0.1) is 0 Å². The maximum atomic E-state index is 6.68. The van der Waals surface area contributed by atoms with Gasteiger partial charge in [-0.1, -0.05) is 128 Å². The summed E-state index contributed by atoms with van der Waals surface area (Å²) in [6, 6.07) is 36.5. The lowest BCUT2D eigenvalue weighted by atomic mass is 9.96. The summed E-state index contributed by atoms with van der Waals surface area (Å²) >= 11 is 0. The van der Waals surface area contributed by atoms with Crippen LogP contribution in [0.1, 0.15) is 0 Å². The van der Waals surface area contributed by atoms with Crippen LogP contribution < -0.4 is 5.19 Å². The minimum absolute atomic E-state index is 0.934. The summed E-state index contributed by atoms with van der Waals surface area (Å²) < 4.78 is 6.68. The van der Waals surface area contributed by atoms with Gasteiger partial charge in [-0.25, -0.2) is 0 Å². The van der Waals surface area contributed by atoms with Crippen LogP contribution in [-0.4, -0.2) is 8.07 Å². The highest BCUT2D eigenvalue weighted by atomic mass is 28.3. The molecule has 0 aliphatic carbocycles. The van der Waals surface area contributed by atoms with Crippen molar-refractivity contribution in [3.63, 3.8) is 0 Å². The Morgan fingerprint density at radius 2 is 1.06 bits per heavy atom. The molecule has 0 N–H and O–H groups in total. The second-order valence-corrected chi connectivity index (χ2v) is 14.1. The van der Waals surface area contributed by atoms with Gasteiger partial charge in [0.2, 0.25) is 0 Å². The quantitative estimate of drug-likeness (QED) is 0.270. The summed E-state index contributed by atoms with van der Waals surface area (Å²) in [5.74, 6) is 1.89. The fraction of sp³-hybridized carbons (Fsp3) is 0.103. The highest BCUT2D eigenvalue weighted by molar-refractivity contribution is 6.88. The number of hydrogen-bond donors (Lipinski definition) is 0. The van der Waals surface area contributed by atoms with Gasteiger partial charge in [0.15, 0.2) is 0 Å². The number of furan rings is 1. The maximum absolute atomic E-state index is 6.68. The van der Waals surface area contributed by atoms with E-state index in [0.29, 0.717) is 0 Å². The van der Waals surface area contributed by atoms with E-state index >= 15 is 0 Å². The molecular weight excluding hydrogens is 392 g/mol. The first kappa shape index (κ1) is 19.6. The highest BCUT2D eigenvalue weighted by Gasteiger charge is 2.22. The summed E-state index contributed by atoms with van der Waals surface area (Å²) in [6.45, 7) is 7.18. The van der Waals surface area contributed by atoms with Gasteiger partial charge in [0.25, 0.3) is 0 Å². The number of benzene rings is 4. The molecule has 152 valence electrons. The molecule has 0 bridgehead atoms. The lowest BCUT2D eigenvalue weighted by molar-refractivity contribution is 0.602. The van der Waals surface area contributed by atoms with Gasteiger partial charge in [-0.2, -0.15) is 0 Å². The molecule has 0 aliphatic rings. The SMILES string of the molecule is C[Si](C)(C)c1ccc(-c2ccccc2)c(-c2oc(-c3ccccc3)c3ccccc23)c1. The Bertz CT molecular complexity index is 1340. The lowest BCUT2D eigenvalue weighted by Crippen LogP contribution is -2.37. The Kier molecular flexibility index (Phi) is 4.88. The van der Waals surface area contributed by atoms with Gasteiger partial charge in [0.1, 0.15) is 11.5 Å². The fourth-order valence-electron chi connectivity index (χ4n) is 4.16. The molecule has 0 amide bonds. The number of rotatable bonds is 4. The molecule has 5 rings (SSSR count). The Morgan fingerprint density at radius 1 is 0.516 bits per heavy atom. The van der Waals surface area contributed by atoms with Crippen molar-refractivity contribution in [3.8, 4) is 33.8 Å². The van der Waals surface area contributed by atoms with E-state index in [1.54, 1.807) is 0 Å². The predicted molar refractivity (Wildman–Crippen MR) is 136 cm³/mol. The van der Waals surface area contributed by atoms with Crippen LogP contribution >= 0.6 is 0 Å². The van der Waals surface area contributed by atoms with Gasteiger partial charge in [-0.3, -0.25) is 0 Å². The summed E-state index contributed by atoms with van der Waals surface area (Å²) in [6.07, 6.45) is 0. The third-order valence-corrected chi connectivity index (χ3v) is 7.91. The Labute approximate surface area is 185 Å². The van der Waals surface area contributed by atoms with Gasteiger partial charge in [-0.05, 0) is 11.1 Å². The molecule has 1 aromatic heterocycles. The molecule has 0 unspecified atom stereocenters. The zero-order valence-corrected chi connectivity index (χ0v) is 19.2. The Morgan fingerprint density at radius 3 is 1.68 bits per heavy atom. The molecule has 0 radical (unpaired) electrons. The minimum Gasteiger partial charge on any atom is -0.455 e. The summed E-state index contributed by atoms with van der Waals surface area (Å²) in [5, 5.41) is 3.75. The molecule has 0 aliphatic heterocycles. The van der Waals surface area contributed by atoms with Gasteiger partial charge in [0.05, 0.1) is 8.07 Å². The van der Waals surface area contributed by atoms with Crippen molar-refractivity contribution in [3.05, 3.63) is 103 Å². The van der Waals surface area contributed by atoms with E-state index in [2.05, 4.69) is 117 Å². The molecule has 1 nitrogen and oxygen atoms in total. The Hall–Kier alpha value is -3.36. The number of hydrogen-bond acceptors (Lipinski definition) is 1. The molecule has 2 heteroatoms. The van der Waals surface area contributed by atoms with Crippen LogP contribution in [-0.2, 0) is 0 Å². The lowest BCUT2D eigenvalue weighted by Gasteiger charge is -2.19. The van der Waals surface area contributed by atoms with Crippen LogP contribution in [0.2, 0.25) is 19.6 Å². The Balaban J connectivity index is 1.82. The van der Waals surface area contributed by atoms with Crippen LogP contribution in [0.5, 0.6) is 0 Å². The molecule has 0 atom stereocenters. The van der Waals surface area contributed by atoms with E-state index in [4.69, 9.17) is 4.42 Å². The van der Waals surface area contributed by atoms with Crippen molar-refractivity contribution in [1.82, 2.24) is 0 Å². The van der Waals surface area contributed by atoms with Crippen LogP contribution in [0.3, 0.4) is 0 Å². The van der Waals surface area contributed by atoms with E-state index in [0.717, 1.165) is 27.9 Å². The smallest absolute Gasteiger partial charge is 0.143 e. The van der Waals surface area contributed by atoms with Crippen LogP contribution in [0.25, 0.3) is 44.5 Å². The van der Waals surface area contributed by atoms with Gasteiger partial charge < -0.3 is 4.42 Å². The summed E-state index contributed by atoms with van der Waals surface area (Å²) in [5.41, 5.74) is 4.69. The molecule has 1 heterocycles. The van der Waals surface area contributed by atoms with Gasteiger partial charge in [-0.15, -0.1) is 0 Å². The van der Waals surface area contributed by atoms with E-state index < -0.39 is 8.07 Å². The van der Waals surface area contributed by atoms with E-state index in [9.17, 15) is 0 Å². The van der Waals surface area contributed by atoms with Crippen molar-refractivity contribution >= 4 is 24.0 Å². The third-order valence-electron chi connectivity index (χ3n) is 5.87. The maximum Gasteiger partial charge on any atom is 0.143 e. The first-order chi connectivity index (χ1) is 15.0. The normalized spacial score (nSPS) is 11.7. The average molecular weight is 419 g/mol. The van der Waals surface area contributed by atoms with E-state index in [1.165, 1.54) is 21.9 Å². The number of fused-ring (bicyclic) bond motifs is 1. The fourth-order valence-corrected chi connectivity index (χ4v) is 5.32. The molecule has 0 fully saturated rings. The zero-order valence-electron chi connectivity index (χ0n) is 18.2. The topological polar surface area (TPSA) is 13.1 Å². The van der Waals surface area contributed by atoms with E-state index in [1.807, 2.05) is 6.07 Å². The van der Waals surface area contributed by atoms with Gasteiger partial charge in [0, 0.05) is 21.9 Å². The predicted octanol–water partition coefficient (Wildman–Crippen LogP) is 7.98. The van der Waals surface area contributed by atoms with Crippen molar-refractivity contribution < 1.29 is 4.42 Å². The monoisotopic (exact) mass is 418 g/mol. The second-order valence-electron chi connectivity index (χ2n) is 9.05. The van der Waals surface area contributed by atoms with Crippen molar-refractivity contribution in [1.29, 1.82) is 0 Å². The molecule has 0 saturated carbocycles. The standard InChI is InChI=1S/C29H26OSi/c1-31(2,3)23-18-19-24(21-12-6-4-7-13-21)27(20-23)29-26-17-11-10-16-25(26)28(30-29)22-14-8-5-9-15-22/h4-20H,1-3H3. The molecule has 0 spiro atoms. The zero-order chi connectivity index (χ0) is 21.4. The summed E-state index contributed by atoms with van der Waals surface area (Å²) in [7, 11) is -1.49. The first-order valence-corrected chi connectivity index (χ1v) is 14.3. The van der Waals surface area contributed by atoms with Crippen molar-refractivity contribution in [2.24, 2.45) is 0 Å². The largest absolute Gasteiger partial charge is 0.455 e. The van der Waals surface area contributed by atoms with Gasteiger partial charge >= 0.3 is 0 Å². The molecule has 31 heavy (non-hydrogen) atoms. The molecule has 0 saturated heterocycles. The average Bonchev–Trinajstić information content (AvgIpc) is 3.19. The summed E-state index contributed by atoms with van der Waals surface area (Å²) in [4.78, 5) is 0. The van der Waals surface area contributed by atoms with Crippen LogP contribution in [0.15, 0.2) is 108 Å². The van der Waals surface area contributed by atoms with Crippen molar-refractivity contribution in [2.75, 3.05) is 0 Å². The van der Waals surface area contributed by atoms with E-state index in [-0.39, 0.29) is 0 Å². The van der Waals surface area contributed by atoms with Crippen LogP contribution in [0.4, 0.5) is 0 Å². The highest BCUT2D eigenvalue weighted by Crippen LogP contribution is 2.42. The first-order valence-electron chi connectivity index (χ1n) is 10.8. The minimum atomic E-state index is -1.49. The molecule has 5 aromatic rings. The second kappa shape index (κ2) is 7.71. The third kappa shape index (κ3) is 3.64. The molecular formula is C29H26OSi.